The summed E-state index contributed by atoms with van der Waals surface area (Å²) in [5, 5.41) is 5.73. The molecule has 2 N–H and O–H groups in total. The second-order valence-corrected chi connectivity index (χ2v) is 8.89. The first-order valence-corrected chi connectivity index (χ1v) is 12.7. The number of nitrogens with zero attached hydrogens (tertiary/aromatic N) is 2. The fourth-order valence-electron chi connectivity index (χ4n) is 3.93. The quantitative estimate of drug-likeness (QED) is 0.213. The molecule has 6 heteroatoms. The van der Waals surface area contributed by atoms with E-state index in [1.54, 1.807) is 18.3 Å². The summed E-state index contributed by atoms with van der Waals surface area (Å²) in [5.41, 5.74) is 5.78. The predicted octanol–water partition coefficient (Wildman–Crippen LogP) is 7.11. The Hall–Kier alpha value is -5.62. The Labute approximate surface area is 232 Å². The maximum absolute atomic E-state index is 12.3. The van der Waals surface area contributed by atoms with Gasteiger partial charge in [0.2, 0.25) is 11.8 Å². The van der Waals surface area contributed by atoms with Crippen LogP contribution in [0.15, 0.2) is 134 Å². The van der Waals surface area contributed by atoms with Gasteiger partial charge in [-0.25, -0.2) is 9.97 Å². The van der Waals surface area contributed by atoms with Gasteiger partial charge in [0, 0.05) is 40.9 Å². The van der Waals surface area contributed by atoms with E-state index >= 15 is 0 Å². The van der Waals surface area contributed by atoms with Crippen molar-refractivity contribution in [2.45, 2.75) is 0 Å². The smallest absolute Gasteiger partial charge is 0.248 e. The van der Waals surface area contributed by atoms with Crippen LogP contribution in [0.5, 0.6) is 0 Å². The average Bonchev–Trinajstić information content (AvgIpc) is 3.01. The zero-order chi connectivity index (χ0) is 27.6. The zero-order valence-corrected chi connectivity index (χ0v) is 21.6. The number of nitrogens with one attached hydrogen (secondary N) is 2. The second-order valence-electron chi connectivity index (χ2n) is 8.89. The van der Waals surface area contributed by atoms with Gasteiger partial charge in [-0.2, -0.15) is 0 Å². The van der Waals surface area contributed by atoms with Crippen LogP contribution in [-0.4, -0.2) is 21.8 Å². The molecule has 0 bridgehead atoms. The number of hydrogen-bond acceptors (Lipinski definition) is 4. The molecule has 40 heavy (non-hydrogen) atoms. The minimum Gasteiger partial charge on any atom is -0.323 e. The zero-order valence-electron chi connectivity index (χ0n) is 21.6. The molecule has 0 atom stereocenters. The molecule has 1 aromatic heterocycles. The van der Waals surface area contributed by atoms with Crippen LogP contribution >= 0.6 is 0 Å². The van der Waals surface area contributed by atoms with E-state index < -0.39 is 0 Å². The third-order valence-corrected chi connectivity index (χ3v) is 5.97. The molecule has 194 valence electrons. The Balaban J connectivity index is 1.20. The van der Waals surface area contributed by atoms with Gasteiger partial charge in [-0.05, 0) is 65.7 Å². The third kappa shape index (κ3) is 7.24. The number of hydrogen-bond donors (Lipinski definition) is 2. The van der Waals surface area contributed by atoms with Gasteiger partial charge in [-0.3, -0.25) is 9.59 Å². The van der Waals surface area contributed by atoms with Crippen molar-refractivity contribution >= 4 is 35.3 Å². The first-order valence-electron chi connectivity index (χ1n) is 12.7. The van der Waals surface area contributed by atoms with Gasteiger partial charge in [-0.15, -0.1) is 0 Å². The van der Waals surface area contributed by atoms with Crippen LogP contribution in [0.4, 0.5) is 11.4 Å². The topological polar surface area (TPSA) is 84.0 Å². The summed E-state index contributed by atoms with van der Waals surface area (Å²) < 4.78 is 0. The molecule has 0 aliphatic rings. The van der Waals surface area contributed by atoms with Crippen LogP contribution in [0.1, 0.15) is 11.1 Å². The van der Waals surface area contributed by atoms with E-state index in [4.69, 9.17) is 4.98 Å². The average molecular weight is 523 g/mol. The highest BCUT2D eigenvalue weighted by molar-refractivity contribution is 6.02. The molecule has 0 unspecified atom stereocenters. The van der Waals surface area contributed by atoms with Crippen LogP contribution in [0.2, 0.25) is 0 Å². The standard InChI is InChI=1S/C34H26N4O2/c39-32(21-11-25-7-3-1-4-8-25)36-29-17-13-27(14-18-29)31-23-24-35-34(38-31)28-15-19-30(20-16-28)37-33(40)22-12-26-9-5-2-6-10-26/h1-24H,(H,36,39)(H,37,40)/b21-11+,22-12+. The molecule has 0 aliphatic carbocycles. The van der Waals surface area contributed by atoms with E-state index in [2.05, 4.69) is 15.6 Å². The highest BCUT2D eigenvalue weighted by Crippen LogP contribution is 2.23. The van der Waals surface area contributed by atoms with Crippen molar-refractivity contribution in [1.82, 2.24) is 9.97 Å². The van der Waals surface area contributed by atoms with E-state index in [1.165, 1.54) is 12.2 Å². The first kappa shape index (κ1) is 26.0. The number of carbonyl (C=O) groups excluding carboxylic acids is 2. The van der Waals surface area contributed by atoms with Crippen molar-refractivity contribution in [2.24, 2.45) is 0 Å². The lowest BCUT2D eigenvalue weighted by Crippen LogP contribution is -2.07. The molecule has 0 saturated carbocycles. The van der Waals surface area contributed by atoms with E-state index in [1.807, 2.05) is 115 Å². The van der Waals surface area contributed by atoms with E-state index in [-0.39, 0.29) is 11.8 Å². The largest absolute Gasteiger partial charge is 0.323 e. The molecule has 4 aromatic carbocycles. The summed E-state index contributed by atoms with van der Waals surface area (Å²) in [5.74, 6) is 0.164. The molecule has 6 nitrogen and oxygen atoms in total. The van der Waals surface area contributed by atoms with Gasteiger partial charge < -0.3 is 10.6 Å². The number of amides is 2. The minimum absolute atomic E-state index is 0.201. The van der Waals surface area contributed by atoms with Crippen LogP contribution in [0.25, 0.3) is 34.8 Å². The SMILES string of the molecule is O=C(/C=C/c1ccccc1)Nc1ccc(-c2ccnc(-c3ccc(NC(=O)/C=C/c4ccccc4)cc3)n2)cc1. The Morgan fingerprint density at radius 3 is 1.52 bits per heavy atom. The van der Waals surface area contributed by atoms with Crippen LogP contribution in [0, 0.1) is 0 Å². The monoisotopic (exact) mass is 522 g/mol. The van der Waals surface area contributed by atoms with Crippen molar-refractivity contribution in [3.63, 3.8) is 0 Å². The molecular weight excluding hydrogens is 496 g/mol. The number of aromatic nitrogens is 2. The lowest BCUT2D eigenvalue weighted by molar-refractivity contribution is -0.112. The predicted molar refractivity (Wildman–Crippen MR) is 161 cm³/mol. The summed E-state index contributed by atoms with van der Waals surface area (Å²) in [6.07, 6.45) is 8.28. The van der Waals surface area contributed by atoms with E-state index in [0.717, 1.165) is 27.9 Å². The number of rotatable bonds is 8. The van der Waals surface area contributed by atoms with Gasteiger partial charge in [0.05, 0.1) is 5.69 Å². The lowest BCUT2D eigenvalue weighted by Gasteiger charge is -2.07. The van der Waals surface area contributed by atoms with E-state index in [9.17, 15) is 9.59 Å². The van der Waals surface area contributed by atoms with Crippen LogP contribution in [-0.2, 0) is 9.59 Å². The molecule has 0 saturated heterocycles. The van der Waals surface area contributed by atoms with E-state index in [0.29, 0.717) is 17.2 Å². The molecule has 1 heterocycles. The number of benzene rings is 4. The van der Waals surface area contributed by atoms with Crippen molar-refractivity contribution in [1.29, 1.82) is 0 Å². The van der Waals surface area contributed by atoms with Crippen molar-refractivity contribution in [2.75, 3.05) is 10.6 Å². The summed E-state index contributed by atoms with van der Waals surface area (Å²) >= 11 is 0. The third-order valence-electron chi connectivity index (χ3n) is 5.97. The van der Waals surface area contributed by atoms with Gasteiger partial charge in [-0.1, -0.05) is 72.8 Å². The number of anilines is 2. The maximum Gasteiger partial charge on any atom is 0.248 e. The molecular formula is C34H26N4O2. The van der Waals surface area contributed by atoms with Gasteiger partial charge in [0.15, 0.2) is 5.82 Å². The van der Waals surface area contributed by atoms with Crippen molar-refractivity contribution < 1.29 is 9.59 Å². The number of carbonyl (C=O) groups is 2. The molecule has 0 fully saturated rings. The summed E-state index contributed by atoms with van der Waals surface area (Å²) in [7, 11) is 0. The summed E-state index contributed by atoms with van der Waals surface area (Å²) in [6, 6.07) is 36.0. The molecule has 0 spiro atoms. The van der Waals surface area contributed by atoms with Crippen LogP contribution < -0.4 is 10.6 Å². The Kier molecular flexibility index (Phi) is 8.29. The highest BCUT2D eigenvalue weighted by Gasteiger charge is 2.07. The van der Waals surface area contributed by atoms with Crippen molar-refractivity contribution in [3.05, 3.63) is 145 Å². The molecule has 0 radical (unpaired) electrons. The maximum atomic E-state index is 12.3. The summed E-state index contributed by atoms with van der Waals surface area (Å²) in [4.78, 5) is 33.7. The first-order chi connectivity index (χ1) is 19.6. The second kappa shape index (κ2) is 12.8. The fourth-order valence-corrected chi connectivity index (χ4v) is 3.93. The lowest BCUT2D eigenvalue weighted by atomic mass is 10.1. The van der Waals surface area contributed by atoms with Crippen molar-refractivity contribution in [3.8, 4) is 22.6 Å². The minimum atomic E-state index is -0.207. The highest BCUT2D eigenvalue weighted by atomic mass is 16.2. The molecule has 2 amide bonds. The van der Waals surface area contributed by atoms with Gasteiger partial charge in [0.1, 0.15) is 0 Å². The summed E-state index contributed by atoms with van der Waals surface area (Å²) in [6.45, 7) is 0. The molecule has 5 rings (SSSR count). The molecule has 0 aliphatic heterocycles. The van der Waals surface area contributed by atoms with Gasteiger partial charge >= 0.3 is 0 Å². The van der Waals surface area contributed by atoms with Gasteiger partial charge in [0.25, 0.3) is 0 Å². The fraction of sp³-hybridized carbons (Fsp3) is 0. The molecule has 5 aromatic rings. The Morgan fingerprint density at radius 1 is 0.550 bits per heavy atom. The normalized spacial score (nSPS) is 11.0. The Morgan fingerprint density at radius 2 is 1.02 bits per heavy atom. The Bertz CT molecular complexity index is 1520. The van der Waals surface area contributed by atoms with Crippen LogP contribution in [0.3, 0.4) is 0 Å².